The molecule has 13 heavy (non-hydrogen) atoms. The van der Waals surface area contributed by atoms with Crippen molar-refractivity contribution in [1.29, 1.82) is 0 Å². The van der Waals surface area contributed by atoms with Crippen LogP contribution in [0, 0.1) is 0 Å². The van der Waals surface area contributed by atoms with Gasteiger partial charge < -0.3 is 31.0 Å². The minimum absolute atomic E-state index is 0. The third-order valence-corrected chi connectivity index (χ3v) is 1.48. The highest BCUT2D eigenvalue weighted by Crippen LogP contribution is 2.01. The predicted octanol–water partition coefficient (Wildman–Crippen LogP) is -2.99. The maximum Gasteiger partial charge on any atom is 0.139 e. The standard InChI is InChI=1S/C6H13NO5.ClH/c7-3(1-8)5(11)6(12)4(10)2-9;/h1,3-6,9-12H,2,7H2;1H/t3?,4-,5-,6-;/m0./s1. The fraction of sp³-hybridized carbons (Fsp3) is 0.833. The van der Waals surface area contributed by atoms with Crippen molar-refractivity contribution in [3.63, 3.8) is 0 Å². The van der Waals surface area contributed by atoms with E-state index in [1.807, 2.05) is 0 Å². The van der Waals surface area contributed by atoms with Crippen LogP contribution in [0.2, 0.25) is 0 Å². The Kier molecular flexibility index (Phi) is 8.43. The second kappa shape index (κ2) is 7.19. The van der Waals surface area contributed by atoms with Gasteiger partial charge in [-0.1, -0.05) is 0 Å². The molecule has 4 atom stereocenters. The van der Waals surface area contributed by atoms with E-state index in [1.54, 1.807) is 0 Å². The summed E-state index contributed by atoms with van der Waals surface area (Å²) < 4.78 is 0. The first-order valence-electron chi connectivity index (χ1n) is 3.40. The number of hydrogen-bond acceptors (Lipinski definition) is 6. The maximum absolute atomic E-state index is 10.0. The molecule has 0 aromatic heterocycles. The van der Waals surface area contributed by atoms with Crippen LogP contribution in [0.1, 0.15) is 0 Å². The van der Waals surface area contributed by atoms with Crippen LogP contribution in [0.25, 0.3) is 0 Å². The van der Waals surface area contributed by atoms with Crippen molar-refractivity contribution in [1.82, 2.24) is 0 Å². The van der Waals surface area contributed by atoms with Crippen molar-refractivity contribution in [2.45, 2.75) is 24.4 Å². The average molecular weight is 216 g/mol. The van der Waals surface area contributed by atoms with E-state index in [9.17, 15) is 4.79 Å². The quantitative estimate of drug-likeness (QED) is 0.312. The van der Waals surface area contributed by atoms with Gasteiger partial charge in [-0.05, 0) is 0 Å². The minimum atomic E-state index is -1.62. The van der Waals surface area contributed by atoms with E-state index in [4.69, 9.17) is 26.2 Å². The molecule has 7 heteroatoms. The summed E-state index contributed by atoms with van der Waals surface area (Å²) in [7, 11) is 0. The first kappa shape index (κ1) is 15.2. The highest BCUT2D eigenvalue weighted by Gasteiger charge is 2.28. The topological polar surface area (TPSA) is 124 Å². The first-order valence-corrected chi connectivity index (χ1v) is 3.40. The molecule has 0 amide bonds. The number of halogens is 1. The van der Waals surface area contributed by atoms with E-state index in [0.717, 1.165) is 0 Å². The predicted molar refractivity (Wildman–Crippen MR) is 46.4 cm³/mol. The van der Waals surface area contributed by atoms with Crippen molar-refractivity contribution in [2.75, 3.05) is 6.61 Å². The second-order valence-electron chi connectivity index (χ2n) is 2.44. The molecule has 0 fully saturated rings. The van der Waals surface area contributed by atoms with Gasteiger partial charge in [-0.2, -0.15) is 0 Å². The Morgan fingerprint density at radius 3 is 2.00 bits per heavy atom. The summed E-state index contributed by atoms with van der Waals surface area (Å²) in [6.45, 7) is -0.705. The third kappa shape index (κ3) is 4.51. The lowest BCUT2D eigenvalue weighted by molar-refractivity contribution is -0.118. The van der Waals surface area contributed by atoms with Gasteiger partial charge in [-0.3, -0.25) is 0 Å². The Morgan fingerprint density at radius 1 is 1.23 bits per heavy atom. The molecule has 6 N–H and O–H groups in total. The second-order valence-corrected chi connectivity index (χ2v) is 2.44. The number of hydrogen-bond donors (Lipinski definition) is 5. The molecule has 0 aromatic rings. The average Bonchev–Trinajstić information content (AvgIpc) is 2.12. The fourth-order valence-electron chi connectivity index (χ4n) is 0.644. The van der Waals surface area contributed by atoms with Crippen LogP contribution in [-0.2, 0) is 4.79 Å². The Labute approximate surface area is 81.4 Å². The van der Waals surface area contributed by atoms with Crippen molar-refractivity contribution < 1.29 is 25.2 Å². The minimum Gasteiger partial charge on any atom is -0.394 e. The van der Waals surface area contributed by atoms with Crippen LogP contribution in [0.5, 0.6) is 0 Å². The Morgan fingerprint density at radius 2 is 1.69 bits per heavy atom. The summed E-state index contributed by atoms with van der Waals surface area (Å²) in [5.74, 6) is 0. The summed E-state index contributed by atoms with van der Waals surface area (Å²) in [5, 5.41) is 35.2. The number of rotatable bonds is 5. The molecular weight excluding hydrogens is 202 g/mol. The lowest BCUT2D eigenvalue weighted by Gasteiger charge is -2.23. The molecule has 0 aliphatic rings. The number of aliphatic hydroxyl groups is 4. The molecule has 80 valence electrons. The van der Waals surface area contributed by atoms with Crippen molar-refractivity contribution in [3.05, 3.63) is 0 Å². The van der Waals surface area contributed by atoms with Crippen LogP contribution < -0.4 is 5.73 Å². The van der Waals surface area contributed by atoms with Gasteiger partial charge in [-0.15, -0.1) is 12.4 Å². The summed E-state index contributed by atoms with van der Waals surface area (Å²) in [4.78, 5) is 10.0. The Balaban J connectivity index is 0. The van der Waals surface area contributed by atoms with Gasteiger partial charge >= 0.3 is 0 Å². The first-order chi connectivity index (χ1) is 5.54. The van der Waals surface area contributed by atoms with Gasteiger partial charge in [0.15, 0.2) is 0 Å². The lowest BCUT2D eigenvalue weighted by Crippen LogP contribution is -2.49. The zero-order chi connectivity index (χ0) is 9.72. The van der Waals surface area contributed by atoms with Gasteiger partial charge in [0.1, 0.15) is 24.6 Å². The van der Waals surface area contributed by atoms with Crippen LogP contribution in [0.15, 0.2) is 0 Å². The molecule has 6 nitrogen and oxygen atoms in total. The summed E-state index contributed by atoms with van der Waals surface area (Å²) in [6.07, 6.45) is -4.43. The lowest BCUT2D eigenvalue weighted by atomic mass is 10.0. The smallest absolute Gasteiger partial charge is 0.139 e. The highest BCUT2D eigenvalue weighted by atomic mass is 35.5. The molecule has 0 heterocycles. The van der Waals surface area contributed by atoms with Gasteiger partial charge in [0.2, 0.25) is 0 Å². The van der Waals surface area contributed by atoms with E-state index in [0.29, 0.717) is 0 Å². The number of carbonyl (C=O) groups is 1. The zero-order valence-corrected chi connectivity index (χ0v) is 7.59. The molecule has 0 aromatic carbocycles. The normalized spacial score (nSPS) is 19.5. The fourth-order valence-corrected chi connectivity index (χ4v) is 0.644. The van der Waals surface area contributed by atoms with Crippen LogP contribution in [-0.4, -0.2) is 57.7 Å². The number of carbonyl (C=O) groups excluding carboxylic acids is 1. The van der Waals surface area contributed by atoms with E-state index in [-0.39, 0.29) is 18.7 Å². The molecule has 0 bridgehead atoms. The number of aliphatic hydroxyl groups excluding tert-OH is 4. The van der Waals surface area contributed by atoms with Crippen molar-refractivity contribution in [3.8, 4) is 0 Å². The van der Waals surface area contributed by atoms with Gasteiger partial charge in [0.05, 0.1) is 12.6 Å². The van der Waals surface area contributed by atoms with E-state index >= 15 is 0 Å². The van der Waals surface area contributed by atoms with Gasteiger partial charge in [-0.25, -0.2) is 0 Å². The highest BCUT2D eigenvalue weighted by molar-refractivity contribution is 5.85. The summed E-state index contributed by atoms with van der Waals surface area (Å²) in [6, 6.07) is -1.26. The summed E-state index contributed by atoms with van der Waals surface area (Å²) in [5.41, 5.74) is 5.04. The van der Waals surface area contributed by atoms with Gasteiger partial charge in [0.25, 0.3) is 0 Å². The van der Waals surface area contributed by atoms with E-state index in [2.05, 4.69) is 0 Å². The molecule has 0 aliphatic heterocycles. The molecule has 0 saturated carbocycles. The summed E-state index contributed by atoms with van der Waals surface area (Å²) >= 11 is 0. The van der Waals surface area contributed by atoms with E-state index in [1.165, 1.54) is 0 Å². The van der Waals surface area contributed by atoms with E-state index < -0.39 is 31.0 Å². The molecule has 0 radical (unpaired) electrons. The van der Waals surface area contributed by atoms with Crippen molar-refractivity contribution >= 4 is 18.7 Å². The van der Waals surface area contributed by atoms with Gasteiger partial charge in [0, 0.05) is 0 Å². The monoisotopic (exact) mass is 215 g/mol. The van der Waals surface area contributed by atoms with Crippen molar-refractivity contribution in [2.24, 2.45) is 5.73 Å². The molecular formula is C6H14ClNO5. The molecule has 1 unspecified atom stereocenters. The number of nitrogens with two attached hydrogens (primary N) is 1. The maximum atomic E-state index is 10.0. The molecule has 0 rings (SSSR count). The number of aldehydes is 1. The SMILES string of the molecule is Cl.NC(C=O)[C@H](O)[C@@H](O)[C@@H](O)CO. The molecule has 0 saturated heterocycles. The Hall–Kier alpha value is -0.240. The molecule has 0 spiro atoms. The molecule has 0 aliphatic carbocycles. The van der Waals surface area contributed by atoms with Crippen LogP contribution >= 0.6 is 12.4 Å². The largest absolute Gasteiger partial charge is 0.394 e. The van der Waals surface area contributed by atoms with Crippen LogP contribution in [0.3, 0.4) is 0 Å². The Bertz CT molecular complexity index is 147. The third-order valence-electron chi connectivity index (χ3n) is 1.48. The van der Waals surface area contributed by atoms with Crippen LogP contribution in [0.4, 0.5) is 0 Å². The zero-order valence-electron chi connectivity index (χ0n) is 6.78.